The Balaban J connectivity index is 1.32. The number of carbonyl (C=O) groups excluding carboxylic acids is 1. The third-order valence-corrected chi connectivity index (χ3v) is 5.19. The van der Waals surface area contributed by atoms with Gasteiger partial charge in [0, 0.05) is 31.0 Å². The summed E-state index contributed by atoms with van der Waals surface area (Å²) < 4.78 is 6.81. The maximum Gasteiger partial charge on any atom is 0.220 e. The molecule has 0 aliphatic rings. The summed E-state index contributed by atoms with van der Waals surface area (Å²) in [7, 11) is 1.62. The summed E-state index contributed by atoms with van der Waals surface area (Å²) in [5.41, 5.74) is 2.73. The van der Waals surface area contributed by atoms with Crippen molar-refractivity contribution in [1.82, 2.24) is 25.1 Å². The van der Waals surface area contributed by atoms with Crippen LogP contribution in [-0.4, -0.2) is 32.8 Å². The fourth-order valence-corrected chi connectivity index (χ4v) is 3.26. The van der Waals surface area contributed by atoms with Crippen LogP contribution >= 0.6 is 11.6 Å². The highest BCUT2D eigenvalue weighted by atomic mass is 35.5. The minimum Gasteiger partial charge on any atom is -0.497 e. The third-order valence-electron chi connectivity index (χ3n) is 4.94. The second-order valence-corrected chi connectivity index (χ2v) is 7.65. The van der Waals surface area contributed by atoms with Crippen molar-refractivity contribution in [1.29, 1.82) is 0 Å². The van der Waals surface area contributed by atoms with Crippen LogP contribution in [0.3, 0.4) is 0 Å². The van der Waals surface area contributed by atoms with E-state index < -0.39 is 0 Å². The second kappa shape index (κ2) is 10.1. The number of halogens is 1. The molecule has 0 aliphatic carbocycles. The summed E-state index contributed by atoms with van der Waals surface area (Å²) in [6.45, 7) is 1.07. The van der Waals surface area contributed by atoms with Gasteiger partial charge in [0.1, 0.15) is 11.6 Å². The molecule has 0 spiro atoms. The van der Waals surface area contributed by atoms with Gasteiger partial charge in [-0.2, -0.15) is 4.52 Å². The zero-order chi connectivity index (χ0) is 22.3. The lowest BCUT2D eigenvalue weighted by Crippen LogP contribution is -2.23. The van der Waals surface area contributed by atoms with Gasteiger partial charge in [0.15, 0.2) is 11.5 Å². The standard InChI is InChI=1S/C23H23ClN6O2/c1-32-19-8-4-17(5-9-19)15-26-23(31)13-12-22-28-27-21-11-10-20(29-30(21)22)25-14-16-2-6-18(24)7-3-16/h2-11H,12-15H2,1H3,(H,25,29)(H,26,31). The molecule has 8 nitrogen and oxygen atoms in total. The van der Waals surface area contributed by atoms with Crippen LogP contribution in [-0.2, 0) is 24.3 Å². The van der Waals surface area contributed by atoms with E-state index in [-0.39, 0.29) is 5.91 Å². The quantitative estimate of drug-likeness (QED) is 0.404. The van der Waals surface area contributed by atoms with Crippen molar-refractivity contribution < 1.29 is 9.53 Å². The molecule has 2 N–H and O–H groups in total. The zero-order valence-electron chi connectivity index (χ0n) is 17.6. The molecule has 0 saturated heterocycles. The van der Waals surface area contributed by atoms with Gasteiger partial charge in [0.05, 0.1) is 7.11 Å². The summed E-state index contributed by atoms with van der Waals surface area (Å²) in [4.78, 5) is 12.3. The largest absolute Gasteiger partial charge is 0.497 e. The Morgan fingerprint density at radius 3 is 2.44 bits per heavy atom. The van der Waals surface area contributed by atoms with Crippen LogP contribution < -0.4 is 15.4 Å². The molecule has 32 heavy (non-hydrogen) atoms. The van der Waals surface area contributed by atoms with Crippen molar-refractivity contribution in [2.24, 2.45) is 0 Å². The molecule has 4 rings (SSSR count). The number of hydrogen-bond donors (Lipinski definition) is 2. The molecule has 0 unspecified atom stereocenters. The van der Waals surface area contributed by atoms with Crippen LogP contribution in [0.25, 0.3) is 5.65 Å². The first-order valence-corrected chi connectivity index (χ1v) is 10.6. The molecule has 2 aromatic carbocycles. The highest BCUT2D eigenvalue weighted by Gasteiger charge is 2.10. The monoisotopic (exact) mass is 450 g/mol. The molecule has 9 heteroatoms. The molecule has 2 aromatic heterocycles. The van der Waals surface area contributed by atoms with Crippen molar-refractivity contribution in [2.75, 3.05) is 12.4 Å². The van der Waals surface area contributed by atoms with Gasteiger partial charge in [0.2, 0.25) is 5.91 Å². The van der Waals surface area contributed by atoms with E-state index in [1.807, 2.05) is 60.7 Å². The predicted octanol–water partition coefficient (Wildman–Crippen LogP) is 3.65. The number of amides is 1. The van der Waals surface area contributed by atoms with Crippen molar-refractivity contribution in [2.45, 2.75) is 25.9 Å². The average Bonchev–Trinajstić information content (AvgIpc) is 3.23. The van der Waals surface area contributed by atoms with E-state index in [0.717, 1.165) is 16.9 Å². The first-order valence-electron chi connectivity index (χ1n) is 10.2. The Hall–Kier alpha value is -3.65. The lowest BCUT2D eigenvalue weighted by Gasteiger charge is -2.07. The Morgan fingerprint density at radius 2 is 1.69 bits per heavy atom. The summed E-state index contributed by atoms with van der Waals surface area (Å²) >= 11 is 5.93. The number of hydrogen-bond acceptors (Lipinski definition) is 6. The fraction of sp³-hybridized carbons (Fsp3) is 0.217. The Bertz CT molecular complexity index is 1190. The SMILES string of the molecule is COc1ccc(CNC(=O)CCc2nnc3ccc(NCc4ccc(Cl)cc4)nn23)cc1. The van der Waals surface area contributed by atoms with E-state index in [2.05, 4.69) is 25.9 Å². The number of benzene rings is 2. The number of carbonyl (C=O) groups is 1. The number of fused-ring (bicyclic) bond motifs is 1. The van der Waals surface area contributed by atoms with Crippen LogP contribution in [0, 0.1) is 0 Å². The number of aromatic nitrogens is 4. The number of anilines is 1. The molecule has 1 amide bonds. The van der Waals surface area contributed by atoms with Gasteiger partial charge in [-0.1, -0.05) is 35.9 Å². The van der Waals surface area contributed by atoms with Gasteiger partial charge >= 0.3 is 0 Å². The molecule has 0 bridgehead atoms. The highest BCUT2D eigenvalue weighted by Crippen LogP contribution is 2.13. The first-order chi connectivity index (χ1) is 15.6. The molecule has 0 aliphatic heterocycles. The lowest BCUT2D eigenvalue weighted by atomic mass is 10.2. The molecule has 4 aromatic rings. The molecular formula is C23H23ClN6O2. The predicted molar refractivity (Wildman–Crippen MR) is 123 cm³/mol. The maximum absolute atomic E-state index is 12.3. The number of rotatable bonds is 9. The Morgan fingerprint density at radius 1 is 0.969 bits per heavy atom. The minimum atomic E-state index is -0.0606. The minimum absolute atomic E-state index is 0.0606. The summed E-state index contributed by atoms with van der Waals surface area (Å²) in [6, 6.07) is 18.9. The van der Waals surface area contributed by atoms with E-state index in [4.69, 9.17) is 16.3 Å². The molecule has 0 atom stereocenters. The first kappa shape index (κ1) is 21.6. The van der Waals surface area contributed by atoms with Crippen LogP contribution in [0.2, 0.25) is 5.02 Å². The third kappa shape index (κ3) is 5.53. The summed E-state index contributed by atoms with van der Waals surface area (Å²) in [6.07, 6.45) is 0.726. The smallest absolute Gasteiger partial charge is 0.220 e. The van der Waals surface area contributed by atoms with E-state index in [9.17, 15) is 4.79 Å². The van der Waals surface area contributed by atoms with Gasteiger partial charge in [-0.25, -0.2) is 0 Å². The van der Waals surface area contributed by atoms with Gasteiger partial charge in [-0.3, -0.25) is 4.79 Å². The number of ether oxygens (including phenoxy) is 1. The van der Waals surface area contributed by atoms with Crippen molar-refractivity contribution in [3.63, 3.8) is 0 Å². The number of nitrogens with one attached hydrogen (secondary N) is 2. The molecule has 2 heterocycles. The van der Waals surface area contributed by atoms with Gasteiger partial charge in [0.25, 0.3) is 0 Å². The van der Waals surface area contributed by atoms with Crippen LogP contribution in [0.15, 0.2) is 60.7 Å². The van der Waals surface area contributed by atoms with Gasteiger partial charge in [-0.15, -0.1) is 15.3 Å². The number of aryl methyl sites for hydroxylation is 1. The highest BCUT2D eigenvalue weighted by molar-refractivity contribution is 6.30. The van der Waals surface area contributed by atoms with Crippen LogP contribution in [0.5, 0.6) is 5.75 Å². The fourth-order valence-electron chi connectivity index (χ4n) is 3.14. The molecule has 0 radical (unpaired) electrons. The molecular weight excluding hydrogens is 428 g/mol. The molecule has 0 saturated carbocycles. The summed E-state index contributed by atoms with van der Waals surface area (Å²) in [5, 5.41) is 19.8. The van der Waals surface area contributed by atoms with Crippen LogP contribution in [0.1, 0.15) is 23.4 Å². The normalized spacial score (nSPS) is 10.8. The topological polar surface area (TPSA) is 93.4 Å². The van der Waals surface area contributed by atoms with Gasteiger partial charge in [-0.05, 0) is 47.5 Å². The maximum atomic E-state index is 12.3. The van der Waals surface area contributed by atoms with Gasteiger partial charge < -0.3 is 15.4 Å². The average molecular weight is 451 g/mol. The van der Waals surface area contributed by atoms with E-state index in [0.29, 0.717) is 48.2 Å². The Kier molecular flexibility index (Phi) is 6.81. The second-order valence-electron chi connectivity index (χ2n) is 7.21. The van der Waals surface area contributed by atoms with Crippen molar-refractivity contribution >= 4 is 29.0 Å². The van der Waals surface area contributed by atoms with Crippen molar-refractivity contribution in [3.8, 4) is 5.75 Å². The molecule has 0 fully saturated rings. The van der Waals surface area contributed by atoms with Crippen molar-refractivity contribution in [3.05, 3.63) is 82.6 Å². The zero-order valence-corrected chi connectivity index (χ0v) is 18.3. The van der Waals surface area contributed by atoms with Crippen LogP contribution in [0.4, 0.5) is 5.82 Å². The van der Waals surface area contributed by atoms with E-state index in [1.165, 1.54) is 0 Å². The summed E-state index contributed by atoms with van der Waals surface area (Å²) in [5.74, 6) is 2.05. The Labute approximate surface area is 190 Å². The number of nitrogens with zero attached hydrogens (tertiary/aromatic N) is 4. The lowest BCUT2D eigenvalue weighted by molar-refractivity contribution is -0.121. The molecule has 164 valence electrons. The van der Waals surface area contributed by atoms with E-state index >= 15 is 0 Å². The number of methoxy groups -OCH3 is 1. The van der Waals surface area contributed by atoms with E-state index in [1.54, 1.807) is 11.6 Å².